The van der Waals surface area contributed by atoms with Crippen LogP contribution in [0.25, 0.3) is 0 Å². The first kappa shape index (κ1) is 14.9. The molecule has 92 valence electrons. The molecule has 0 saturated carbocycles. The lowest BCUT2D eigenvalue weighted by Gasteiger charge is -2.27. The van der Waals surface area contributed by atoms with Gasteiger partial charge in [0.15, 0.2) is 0 Å². The molecule has 1 unspecified atom stereocenters. The van der Waals surface area contributed by atoms with Crippen LogP contribution in [0.2, 0.25) is 0 Å². The van der Waals surface area contributed by atoms with Crippen molar-refractivity contribution in [2.24, 2.45) is 5.92 Å². The minimum Gasteiger partial charge on any atom is -0.396 e. The first-order chi connectivity index (χ1) is 7.00. The second-order valence-electron chi connectivity index (χ2n) is 4.83. The third-order valence-electron chi connectivity index (χ3n) is 2.99. The highest BCUT2D eigenvalue weighted by Gasteiger charge is 2.23. The van der Waals surface area contributed by atoms with Crippen molar-refractivity contribution in [3.05, 3.63) is 0 Å². The third kappa shape index (κ3) is 7.77. The molecular formula is C12H27NO2. The van der Waals surface area contributed by atoms with E-state index in [1.54, 1.807) is 0 Å². The Morgan fingerprint density at radius 3 is 2.27 bits per heavy atom. The zero-order valence-corrected chi connectivity index (χ0v) is 10.4. The van der Waals surface area contributed by atoms with Gasteiger partial charge in [0.2, 0.25) is 0 Å². The van der Waals surface area contributed by atoms with Gasteiger partial charge < -0.3 is 15.5 Å². The van der Waals surface area contributed by atoms with E-state index in [1.807, 2.05) is 20.8 Å². The van der Waals surface area contributed by atoms with E-state index in [0.717, 1.165) is 32.2 Å². The molecule has 0 heterocycles. The summed E-state index contributed by atoms with van der Waals surface area (Å²) in [7, 11) is 0. The van der Waals surface area contributed by atoms with Gasteiger partial charge in [-0.05, 0) is 32.2 Å². The van der Waals surface area contributed by atoms with Gasteiger partial charge >= 0.3 is 0 Å². The van der Waals surface area contributed by atoms with E-state index in [-0.39, 0.29) is 5.92 Å². The Balaban J connectivity index is 3.31. The number of nitrogens with one attached hydrogen (secondary N) is 1. The van der Waals surface area contributed by atoms with Crippen LogP contribution in [0.4, 0.5) is 0 Å². The van der Waals surface area contributed by atoms with Crippen LogP contribution in [-0.4, -0.2) is 35.5 Å². The second kappa shape index (κ2) is 8.08. The molecule has 0 amide bonds. The van der Waals surface area contributed by atoms with Gasteiger partial charge in [0.25, 0.3) is 0 Å². The highest BCUT2D eigenvalue weighted by Crippen LogP contribution is 2.14. The van der Waals surface area contributed by atoms with Crippen molar-refractivity contribution in [3.63, 3.8) is 0 Å². The van der Waals surface area contributed by atoms with Gasteiger partial charge in [0.05, 0.1) is 5.60 Å². The normalized spacial score (nSPS) is 15.6. The largest absolute Gasteiger partial charge is 0.396 e. The van der Waals surface area contributed by atoms with E-state index in [0.29, 0.717) is 13.2 Å². The maximum atomic E-state index is 9.94. The lowest BCUT2D eigenvalue weighted by molar-refractivity contribution is 0.0143. The zero-order chi connectivity index (χ0) is 11.7. The minimum absolute atomic E-state index is 0.277. The van der Waals surface area contributed by atoms with Crippen LogP contribution in [-0.2, 0) is 0 Å². The Kier molecular flexibility index (Phi) is 8.02. The van der Waals surface area contributed by atoms with Gasteiger partial charge in [-0.3, -0.25) is 0 Å². The molecule has 0 saturated heterocycles. The minimum atomic E-state index is -0.606. The molecule has 3 nitrogen and oxygen atoms in total. The fraction of sp³-hybridized carbons (Fsp3) is 1.00. The van der Waals surface area contributed by atoms with Crippen LogP contribution in [0.15, 0.2) is 0 Å². The molecule has 0 aliphatic carbocycles. The van der Waals surface area contributed by atoms with E-state index in [2.05, 4.69) is 5.32 Å². The van der Waals surface area contributed by atoms with E-state index in [4.69, 9.17) is 5.11 Å². The van der Waals surface area contributed by atoms with Gasteiger partial charge in [0.1, 0.15) is 0 Å². The van der Waals surface area contributed by atoms with Crippen LogP contribution in [0.5, 0.6) is 0 Å². The molecule has 0 spiro atoms. The second-order valence-corrected chi connectivity index (χ2v) is 4.83. The lowest BCUT2D eigenvalue weighted by atomic mass is 9.92. The molecule has 0 aliphatic heterocycles. The molecule has 0 aromatic carbocycles. The molecule has 1 atom stereocenters. The summed E-state index contributed by atoms with van der Waals surface area (Å²) >= 11 is 0. The molecule has 0 aliphatic rings. The summed E-state index contributed by atoms with van der Waals surface area (Å²) in [5.41, 5.74) is -0.606. The van der Waals surface area contributed by atoms with Crippen molar-refractivity contribution in [2.45, 2.75) is 52.1 Å². The Bertz CT molecular complexity index is 147. The first-order valence-electron chi connectivity index (χ1n) is 6.04. The molecule has 0 bridgehead atoms. The SMILES string of the molecule is CC(C)C(C)(O)CNCCCCCCO. The Labute approximate surface area is 93.9 Å². The molecule has 0 radical (unpaired) electrons. The summed E-state index contributed by atoms with van der Waals surface area (Å²) in [6.07, 6.45) is 4.27. The fourth-order valence-electron chi connectivity index (χ4n) is 1.26. The van der Waals surface area contributed by atoms with Crippen molar-refractivity contribution in [2.75, 3.05) is 19.7 Å². The van der Waals surface area contributed by atoms with Gasteiger partial charge in [-0.25, -0.2) is 0 Å². The molecule has 0 aromatic heterocycles. The topological polar surface area (TPSA) is 52.5 Å². The number of rotatable bonds is 9. The maximum absolute atomic E-state index is 9.94. The van der Waals surface area contributed by atoms with Crippen molar-refractivity contribution in [3.8, 4) is 0 Å². The first-order valence-corrected chi connectivity index (χ1v) is 6.04. The number of hydrogen-bond donors (Lipinski definition) is 3. The smallest absolute Gasteiger partial charge is 0.0766 e. The molecule has 15 heavy (non-hydrogen) atoms. The van der Waals surface area contributed by atoms with Gasteiger partial charge in [-0.1, -0.05) is 26.7 Å². The number of hydrogen-bond acceptors (Lipinski definition) is 3. The fourth-order valence-corrected chi connectivity index (χ4v) is 1.26. The lowest BCUT2D eigenvalue weighted by Crippen LogP contribution is -2.42. The van der Waals surface area contributed by atoms with E-state index >= 15 is 0 Å². The predicted molar refractivity (Wildman–Crippen MR) is 63.9 cm³/mol. The summed E-state index contributed by atoms with van der Waals surface area (Å²) in [6, 6.07) is 0. The summed E-state index contributed by atoms with van der Waals surface area (Å²) < 4.78 is 0. The summed E-state index contributed by atoms with van der Waals surface area (Å²) in [4.78, 5) is 0. The Morgan fingerprint density at radius 2 is 1.73 bits per heavy atom. The van der Waals surface area contributed by atoms with Gasteiger partial charge in [-0.2, -0.15) is 0 Å². The molecule has 3 heteroatoms. The number of aliphatic hydroxyl groups is 2. The summed E-state index contributed by atoms with van der Waals surface area (Å²) in [5, 5.41) is 21.8. The van der Waals surface area contributed by atoms with Crippen molar-refractivity contribution < 1.29 is 10.2 Å². The number of unbranched alkanes of at least 4 members (excludes halogenated alkanes) is 3. The van der Waals surface area contributed by atoms with Crippen molar-refractivity contribution in [1.29, 1.82) is 0 Å². The van der Waals surface area contributed by atoms with E-state index < -0.39 is 5.60 Å². The van der Waals surface area contributed by atoms with Crippen molar-refractivity contribution in [1.82, 2.24) is 5.32 Å². The van der Waals surface area contributed by atoms with Gasteiger partial charge in [0, 0.05) is 13.2 Å². The molecule has 0 aromatic rings. The van der Waals surface area contributed by atoms with Crippen LogP contribution in [0.3, 0.4) is 0 Å². The maximum Gasteiger partial charge on any atom is 0.0766 e. The Hall–Kier alpha value is -0.120. The highest BCUT2D eigenvalue weighted by atomic mass is 16.3. The van der Waals surface area contributed by atoms with Crippen LogP contribution >= 0.6 is 0 Å². The molecule has 0 rings (SSSR count). The number of aliphatic hydroxyl groups excluding tert-OH is 1. The van der Waals surface area contributed by atoms with E-state index in [1.165, 1.54) is 0 Å². The monoisotopic (exact) mass is 217 g/mol. The average Bonchev–Trinajstić information content (AvgIpc) is 2.16. The predicted octanol–water partition coefficient (Wildman–Crippen LogP) is 1.54. The van der Waals surface area contributed by atoms with Crippen LogP contribution in [0.1, 0.15) is 46.5 Å². The Morgan fingerprint density at radius 1 is 1.13 bits per heavy atom. The molecular weight excluding hydrogens is 190 g/mol. The van der Waals surface area contributed by atoms with Gasteiger partial charge in [-0.15, -0.1) is 0 Å². The van der Waals surface area contributed by atoms with E-state index in [9.17, 15) is 5.11 Å². The standard InChI is InChI=1S/C12H27NO2/c1-11(2)12(3,15)10-13-8-6-4-5-7-9-14/h11,13-15H,4-10H2,1-3H3. The molecule has 3 N–H and O–H groups in total. The summed E-state index contributed by atoms with van der Waals surface area (Å²) in [5.74, 6) is 0.277. The van der Waals surface area contributed by atoms with Crippen LogP contribution < -0.4 is 5.32 Å². The zero-order valence-electron chi connectivity index (χ0n) is 10.4. The highest BCUT2D eigenvalue weighted by molar-refractivity contribution is 4.78. The average molecular weight is 217 g/mol. The summed E-state index contributed by atoms with van der Waals surface area (Å²) in [6.45, 7) is 7.84. The quantitative estimate of drug-likeness (QED) is 0.513. The van der Waals surface area contributed by atoms with Crippen molar-refractivity contribution >= 4 is 0 Å². The molecule has 0 fully saturated rings. The third-order valence-corrected chi connectivity index (χ3v) is 2.99. The van der Waals surface area contributed by atoms with Crippen LogP contribution in [0, 0.1) is 5.92 Å².